The van der Waals surface area contributed by atoms with E-state index in [2.05, 4.69) is 5.10 Å². The van der Waals surface area contributed by atoms with Crippen LogP contribution in [0.4, 0.5) is 10.5 Å². The molecule has 0 saturated carbocycles. The number of amides is 2. The second kappa shape index (κ2) is 6.18. The summed E-state index contributed by atoms with van der Waals surface area (Å²) in [5.74, 6) is 0.183. The van der Waals surface area contributed by atoms with Gasteiger partial charge in [-0.3, -0.25) is 10.1 Å². The van der Waals surface area contributed by atoms with Crippen LogP contribution >= 0.6 is 0 Å². The average molecular weight is 252 g/mol. The summed E-state index contributed by atoms with van der Waals surface area (Å²) < 4.78 is 5.12. The molecule has 0 aliphatic carbocycles. The third-order valence-corrected chi connectivity index (χ3v) is 1.87. The Balaban J connectivity index is 2.96. The number of hydrogen-bond donors (Lipinski definition) is 2. The molecule has 0 unspecified atom stereocenters. The van der Waals surface area contributed by atoms with Gasteiger partial charge in [0.25, 0.3) is 0 Å². The summed E-state index contributed by atoms with van der Waals surface area (Å²) in [5, 5.41) is 14.3. The zero-order valence-electron chi connectivity index (χ0n) is 9.62. The third-order valence-electron chi connectivity index (χ3n) is 1.87. The maximum atomic E-state index is 10.8. The van der Waals surface area contributed by atoms with Gasteiger partial charge >= 0.3 is 11.7 Å². The van der Waals surface area contributed by atoms with Gasteiger partial charge in [0.1, 0.15) is 0 Å². The largest absolute Gasteiger partial charge is 0.487 e. The van der Waals surface area contributed by atoms with E-state index in [9.17, 15) is 14.9 Å². The first-order valence-electron chi connectivity index (χ1n) is 5.04. The molecular formula is C10H12N4O4. The Kier molecular flexibility index (Phi) is 4.61. The number of carbonyl (C=O) groups excluding carboxylic acids is 1. The average Bonchev–Trinajstić information content (AvgIpc) is 2.30. The van der Waals surface area contributed by atoms with Crippen molar-refractivity contribution in [2.45, 2.75) is 6.92 Å². The number of nitrogens with two attached hydrogens (primary N) is 1. The van der Waals surface area contributed by atoms with E-state index in [4.69, 9.17) is 10.5 Å². The van der Waals surface area contributed by atoms with Crippen LogP contribution in [0.15, 0.2) is 23.3 Å². The van der Waals surface area contributed by atoms with Crippen LogP contribution in [0, 0.1) is 10.1 Å². The monoisotopic (exact) mass is 252 g/mol. The smallest absolute Gasteiger partial charge is 0.332 e. The van der Waals surface area contributed by atoms with Gasteiger partial charge in [0, 0.05) is 11.6 Å². The van der Waals surface area contributed by atoms with E-state index in [0.29, 0.717) is 12.2 Å². The van der Waals surface area contributed by atoms with Crippen molar-refractivity contribution in [1.82, 2.24) is 5.43 Å². The molecule has 0 aliphatic heterocycles. The van der Waals surface area contributed by atoms with E-state index < -0.39 is 11.0 Å². The summed E-state index contributed by atoms with van der Waals surface area (Å²) in [5.41, 5.74) is 7.07. The van der Waals surface area contributed by atoms with Crippen molar-refractivity contribution in [3.63, 3.8) is 0 Å². The summed E-state index contributed by atoms with van der Waals surface area (Å²) in [6.07, 6.45) is 1.24. The van der Waals surface area contributed by atoms with Crippen molar-refractivity contribution in [3.8, 4) is 5.75 Å². The molecule has 1 aromatic rings. The zero-order valence-corrected chi connectivity index (χ0v) is 9.62. The van der Waals surface area contributed by atoms with Gasteiger partial charge in [0.15, 0.2) is 5.75 Å². The fourth-order valence-electron chi connectivity index (χ4n) is 1.21. The van der Waals surface area contributed by atoms with Crippen molar-refractivity contribution in [3.05, 3.63) is 33.9 Å². The lowest BCUT2D eigenvalue weighted by molar-refractivity contribution is -0.385. The van der Waals surface area contributed by atoms with E-state index >= 15 is 0 Å². The predicted molar refractivity (Wildman–Crippen MR) is 64.6 cm³/mol. The molecule has 1 aromatic carbocycles. The first-order valence-corrected chi connectivity index (χ1v) is 5.04. The highest BCUT2D eigenvalue weighted by Crippen LogP contribution is 2.27. The Morgan fingerprint density at radius 3 is 2.94 bits per heavy atom. The number of nitrogens with one attached hydrogen (secondary N) is 1. The Labute approximate surface area is 103 Å². The van der Waals surface area contributed by atoms with Crippen LogP contribution in [0.5, 0.6) is 5.75 Å². The number of carbonyl (C=O) groups is 1. The van der Waals surface area contributed by atoms with Gasteiger partial charge in [-0.05, 0) is 19.1 Å². The highest BCUT2D eigenvalue weighted by molar-refractivity contribution is 5.83. The number of nitrogens with zero attached hydrogens (tertiary/aromatic N) is 2. The van der Waals surface area contributed by atoms with Gasteiger partial charge in [-0.15, -0.1) is 0 Å². The second-order valence-electron chi connectivity index (χ2n) is 3.15. The lowest BCUT2D eigenvalue weighted by atomic mass is 10.2. The number of nitro groups is 1. The number of nitro benzene ring substituents is 1. The molecular weight excluding hydrogens is 240 g/mol. The number of hydrazone groups is 1. The Morgan fingerprint density at radius 2 is 2.39 bits per heavy atom. The molecule has 18 heavy (non-hydrogen) atoms. The molecule has 0 bridgehead atoms. The minimum atomic E-state index is -0.813. The van der Waals surface area contributed by atoms with Crippen LogP contribution in [0.3, 0.4) is 0 Å². The van der Waals surface area contributed by atoms with Gasteiger partial charge in [0.05, 0.1) is 17.7 Å². The summed E-state index contributed by atoms with van der Waals surface area (Å²) >= 11 is 0. The van der Waals surface area contributed by atoms with Gasteiger partial charge in [-0.25, -0.2) is 10.2 Å². The Morgan fingerprint density at radius 1 is 1.67 bits per heavy atom. The summed E-state index contributed by atoms with van der Waals surface area (Å²) in [7, 11) is 0. The first-order chi connectivity index (χ1) is 8.54. The standard InChI is InChI=1S/C10H12N4O4/c1-2-18-9-4-3-7(5-8(9)14(16)17)6-12-13-10(11)15/h3-6H,2H2,1H3,(H3,11,13,15)/b12-6-. The van der Waals surface area contributed by atoms with E-state index in [-0.39, 0.29) is 11.4 Å². The highest BCUT2D eigenvalue weighted by atomic mass is 16.6. The number of ether oxygens (including phenoxy) is 1. The molecule has 0 radical (unpaired) electrons. The van der Waals surface area contributed by atoms with Crippen molar-refractivity contribution in [2.75, 3.05) is 6.61 Å². The van der Waals surface area contributed by atoms with Crippen molar-refractivity contribution in [2.24, 2.45) is 10.8 Å². The summed E-state index contributed by atoms with van der Waals surface area (Å²) in [6.45, 7) is 2.06. The van der Waals surface area contributed by atoms with E-state index in [1.54, 1.807) is 13.0 Å². The normalized spacial score (nSPS) is 10.3. The molecule has 96 valence electrons. The molecule has 0 spiro atoms. The highest BCUT2D eigenvalue weighted by Gasteiger charge is 2.14. The lowest BCUT2D eigenvalue weighted by Crippen LogP contribution is -2.24. The third kappa shape index (κ3) is 3.74. The number of hydrogen-bond acceptors (Lipinski definition) is 5. The molecule has 0 saturated heterocycles. The maximum Gasteiger partial charge on any atom is 0.332 e. The lowest BCUT2D eigenvalue weighted by Gasteiger charge is -2.04. The van der Waals surface area contributed by atoms with Crippen LogP contribution in [-0.4, -0.2) is 23.8 Å². The summed E-state index contributed by atoms with van der Waals surface area (Å²) in [4.78, 5) is 20.6. The molecule has 0 aliphatic rings. The molecule has 3 N–H and O–H groups in total. The van der Waals surface area contributed by atoms with Crippen molar-refractivity contribution in [1.29, 1.82) is 0 Å². The molecule has 2 amide bonds. The fourth-order valence-corrected chi connectivity index (χ4v) is 1.21. The van der Waals surface area contributed by atoms with Crippen LogP contribution in [0.2, 0.25) is 0 Å². The maximum absolute atomic E-state index is 10.8. The van der Waals surface area contributed by atoms with Gasteiger partial charge in [-0.2, -0.15) is 5.10 Å². The van der Waals surface area contributed by atoms with Gasteiger partial charge < -0.3 is 10.5 Å². The molecule has 0 fully saturated rings. The Hall–Kier alpha value is -2.64. The molecule has 8 nitrogen and oxygen atoms in total. The Bertz CT molecular complexity index is 487. The first kappa shape index (κ1) is 13.4. The van der Waals surface area contributed by atoms with Crippen LogP contribution in [0.1, 0.15) is 12.5 Å². The van der Waals surface area contributed by atoms with Gasteiger partial charge in [0.2, 0.25) is 0 Å². The quantitative estimate of drug-likeness (QED) is 0.461. The minimum absolute atomic E-state index is 0.167. The molecule has 1 rings (SSSR count). The number of rotatable bonds is 5. The minimum Gasteiger partial charge on any atom is -0.487 e. The fraction of sp³-hybridized carbons (Fsp3) is 0.200. The van der Waals surface area contributed by atoms with Crippen molar-refractivity contribution < 1.29 is 14.5 Å². The van der Waals surface area contributed by atoms with E-state index in [0.717, 1.165) is 0 Å². The topological polar surface area (TPSA) is 120 Å². The van der Waals surface area contributed by atoms with Crippen molar-refractivity contribution >= 4 is 17.9 Å². The molecule has 0 aromatic heterocycles. The SMILES string of the molecule is CCOc1ccc(/C=N\NC(N)=O)cc1[N+](=O)[O-]. The zero-order chi connectivity index (χ0) is 13.5. The molecule has 8 heteroatoms. The van der Waals surface area contributed by atoms with Crippen LogP contribution in [-0.2, 0) is 0 Å². The predicted octanol–water partition coefficient (Wildman–Crippen LogP) is 0.996. The van der Waals surface area contributed by atoms with Gasteiger partial charge in [-0.1, -0.05) is 0 Å². The molecule has 0 heterocycles. The van der Waals surface area contributed by atoms with E-state index in [1.807, 2.05) is 5.43 Å². The van der Waals surface area contributed by atoms with Crippen LogP contribution < -0.4 is 15.9 Å². The number of benzene rings is 1. The van der Waals surface area contributed by atoms with E-state index in [1.165, 1.54) is 18.3 Å². The number of primary amides is 1. The second-order valence-corrected chi connectivity index (χ2v) is 3.15. The molecule has 0 atom stereocenters. The number of urea groups is 1. The summed E-state index contributed by atoms with van der Waals surface area (Å²) in [6, 6.07) is 3.51. The van der Waals surface area contributed by atoms with Crippen LogP contribution in [0.25, 0.3) is 0 Å².